The van der Waals surface area contributed by atoms with Crippen LogP contribution in [-0.2, 0) is 19.9 Å². The Bertz CT molecular complexity index is 724. The Hall–Kier alpha value is -2.94. The van der Waals surface area contributed by atoms with Crippen LogP contribution in [-0.4, -0.2) is 60.3 Å². The summed E-state index contributed by atoms with van der Waals surface area (Å²) in [6.45, 7) is 3.99. The van der Waals surface area contributed by atoms with Crippen LogP contribution in [0.25, 0.3) is 0 Å². The number of urea groups is 1. The Balaban J connectivity index is 1.95. The van der Waals surface area contributed by atoms with Crippen molar-refractivity contribution in [2.45, 2.75) is 25.8 Å². The molecule has 0 aliphatic carbocycles. The lowest BCUT2D eigenvalue weighted by atomic mass is 9.92. The molecule has 3 N–H and O–H groups in total. The van der Waals surface area contributed by atoms with Gasteiger partial charge in [0.25, 0.3) is 11.8 Å². The van der Waals surface area contributed by atoms with Crippen molar-refractivity contribution in [2.24, 2.45) is 0 Å². The van der Waals surface area contributed by atoms with E-state index in [0.717, 1.165) is 6.42 Å². The van der Waals surface area contributed by atoms with Crippen LogP contribution >= 0.6 is 0 Å². The average Bonchev–Trinajstić information content (AvgIpc) is 2.84. The maximum absolute atomic E-state index is 12.7. The van der Waals surface area contributed by atoms with Crippen LogP contribution in [0.2, 0.25) is 0 Å². The van der Waals surface area contributed by atoms with Gasteiger partial charge < -0.3 is 10.6 Å². The second kappa shape index (κ2) is 8.63. The van der Waals surface area contributed by atoms with Crippen LogP contribution in [0.15, 0.2) is 30.3 Å². The summed E-state index contributed by atoms with van der Waals surface area (Å²) < 4.78 is 0. The van der Waals surface area contributed by atoms with Gasteiger partial charge >= 0.3 is 6.03 Å². The van der Waals surface area contributed by atoms with Crippen molar-refractivity contribution in [1.82, 2.24) is 26.0 Å². The number of carbonyl (C=O) groups excluding carboxylic acids is 4. The van der Waals surface area contributed by atoms with Crippen molar-refractivity contribution >= 4 is 23.8 Å². The maximum atomic E-state index is 12.7. The van der Waals surface area contributed by atoms with E-state index >= 15 is 0 Å². The number of rotatable bonds is 8. The summed E-state index contributed by atoms with van der Waals surface area (Å²) >= 11 is 0. The third kappa shape index (κ3) is 4.82. The van der Waals surface area contributed by atoms with Gasteiger partial charge in [0, 0.05) is 6.54 Å². The molecule has 146 valence electrons. The highest BCUT2D eigenvalue weighted by atomic mass is 16.2. The topological polar surface area (TPSA) is 111 Å². The molecule has 1 aromatic carbocycles. The normalized spacial score (nSPS) is 19.2. The Morgan fingerprint density at radius 3 is 2.41 bits per heavy atom. The van der Waals surface area contributed by atoms with E-state index in [2.05, 4.69) is 16.1 Å². The highest BCUT2D eigenvalue weighted by molar-refractivity contribution is 6.08. The number of amides is 5. The van der Waals surface area contributed by atoms with Crippen LogP contribution in [0, 0.1) is 0 Å². The lowest BCUT2D eigenvalue weighted by molar-refractivity contribution is -0.139. The second-order valence-corrected chi connectivity index (χ2v) is 6.62. The van der Waals surface area contributed by atoms with Gasteiger partial charge in [0.05, 0.1) is 13.1 Å². The Labute approximate surface area is 158 Å². The molecule has 5 amide bonds. The largest absolute Gasteiger partial charge is 0.355 e. The SMILES string of the molecule is CCCNC(=O)CN(C)CC(=O)NN1C(=O)N[C@](C)(c2ccccc2)C1=O. The zero-order valence-corrected chi connectivity index (χ0v) is 15.7. The van der Waals surface area contributed by atoms with Gasteiger partial charge in [-0.25, -0.2) is 4.79 Å². The summed E-state index contributed by atoms with van der Waals surface area (Å²) in [5.74, 6) is -1.34. The summed E-state index contributed by atoms with van der Waals surface area (Å²) in [5.41, 5.74) is 1.67. The van der Waals surface area contributed by atoms with Gasteiger partial charge in [-0.15, -0.1) is 0 Å². The number of hydrazine groups is 1. The monoisotopic (exact) mass is 375 g/mol. The van der Waals surface area contributed by atoms with Gasteiger partial charge in [0.1, 0.15) is 5.54 Å². The number of nitrogens with zero attached hydrogens (tertiary/aromatic N) is 2. The van der Waals surface area contributed by atoms with Crippen molar-refractivity contribution in [3.05, 3.63) is 35.9 Å². The number of carbonyl (C=O) groups is 4. The highest BCUT2D eigenvalue weighted by Crippen LogP contribution is 2.27. The molecule has 0 radical (unpaired) electrons. The van der Waals surface area contributed by atoms with E-state index in [9.17, 15) is 19.2 Å². The Kier molecular flexibility index (Phi) is 6.51. The van der Waals surface area contributed by atoms with Crippen molar-refractivity contribution in [2.75, 3.05) is 26.7 Å². The van der Waals surface area contributed by atoms with Crippen LogP contribution in [0.1, 0.15) is 25.8 Å². The van der Waals surface area contributed by atoms with Gasteiger partial charge in [-0.3, -0.25) is 24.7 Å². The molecule has 9 nitrogen and oxygen atoms in total. The minimum absolute atomic E-state index is 0.0370. The number of likely N-dealkylation sites (N-methyl/N-ethyl adjacent to an activating group) is 1. The van der Waals surface area contributed by atoms with Gasteiger partial charge in [0.15, 0.2) is 0 Å². The Morgan fingerprint density at radius 2 is 1.78 bits per heavy atom. The van der Waals surface area contributed by atoms with Gasteiger partial charge in [-0.1, -0.05) is 37.3 Å². The van der Waals surface area contributed by atoms with Crippen molar-refractivity contribution in [1.29, 1.82) is 0 Å². The van der Waals surface area contributed by atoms with Gasteiger partial charge in [-0.2, -0.15) is 5.01 Å². The van der Waals surface area contributed by atoms with Crippen LogP contribution in [0.5, 0.6) is 0 Å². The summed E-state index contributed by atoms with van der Waals surface area (Å²) in [6.07, 6.45) is 0.822. The van der Waals surface area contributed by atoms with E-state index in [1.165, 1.54) is 4.90 Å². The first kappa shape index (κ1) is 20.4. The molecule has 0 saturated carbocycles. The second-order valence-electron chi connectivity index (χ2n) is 6.62. The predicted molar refractivity (Wildman–Crippen MR) is 98.1 cm³/mol. The van der Waals surface area contributed by atoms with E-state index < -0.39 is 23.4 Å². The minimum atomic E-state index is -1.25. The lowest BCUT2D eigenvalue weighted by Gasteiger charge is -2.22. The smallest absolute Gasteiger partial charge is 0.344 e. The molecule has 27 heavy (non-hydrogen) atoms. The molecule has 1 aromatic rings. The molecule has 0 spiro atoms. The molecule has 1 aliphatic heterocycles. The van der Waals surface area contributed by atoms with E-state index in [1.54, 1.807) is 44.3 Å². The fourth-order valence-electron chi connectivity index (χ4n) is 2.73. The first-order valence-corrected chi connectivity index (χ1v) is 8.75. The molecule has 0 bridgehead atoms. The van der Waals surface area contributed by atoms with Crippen LogP contribution in [0.4, 0.5) is 4.79 Å². The maximum Gasteiger partial charge on any atom is 0.344 e. The zero-order chi connectivity index (χ0) is 20.0. The fourth-order valence-corrected chi connectivity index (χ4v) is 2.73. The highest BCUT2D eigenvalue weighted by Gasteiger charge is 2.49. The fraction of sp³-hybridized carbons (Fsp3) is 0.444. The molecule has 0 aromatic heterocycles. The van der Waals surface area contributed by atoms with Gasteiger partial charge in [0.2, 0.25) is 5.91 Å². The number of hydrogen-bond donors (Lipinski definition) is 3. The average molecular weight is 375 g/mol. The molecule has 1 heterocycles. The first-order valence-electron chi connectivity index (χ1n) is 8.75. The molecular formula is C18H25N5O4. The first-order chi connectivity index (χ1) is 12.8. The number of benzene rings is 1. The third-order valence-corrected chi connectivity index (χ3v) is 4.18. The van der Waals surface area contributed by atoms with Crippen LogP contribution < -0.4 is 16.1 Å². The molecule has 1 saturated heterocycles. The summed E-state index contributed by atoms with van der Waals surface area (Å²) in [5, 5.41) is 6.00. The number of nitrogens with one attached hydrogen (secondary N) is 3. The summed E-state index contributed by atoms with van der Waals surface area (Å²) in [7, 11) is 1.60. The molecular weight excluding hydrogens is 350 g/mol. The predicted octanol–water partition coefficient (Wildman–Crippen LogP) is -0.0572. The quantitative estimate of drug-likeness (QED) is 0.552. The molecule has 1 fully saturated rings. The number of imide groups is 1. The van der Waals surface area contributed by atoms with Crippen LogP contribution in [0.3, 0.4) is 0 Å². The number of hydrogen-bond acceptors (Lipinski definition) is 5. The Morgan fingerprint density at radius 1 is 1.15 bits per heavy atom. The molecule has 9 heteroatoms. The molecule has 1 atom stereocenters. The summed E-state index contributed by atoms with van der Waals surface area (Å²) in [6, 6.07) is 8.08. The van der Waals surface area contributed by atoms with Gasteiger partial charge in [-0.05, 0) is 26.0 Å². The van der Waals surface area contributed by atoms with E-state index in [0.29, 0.717) is 17.1 Å². The molecule has 2 rings (SSSR count). The van der Waals surface area contributed by atoms with E-state index in [-0.39, 0.29) is 19.0 Å². The van der Waals surface area contributed by atoms with E-state index in [1.807, 2.05) is 6.92 Å². The summed E-state index contributed by atoms with van der Waals surface area (Å²) in [4.78, 5) is 50.2. The molecule has 1 aliphatic rings. The van der Waals surface area contributed by atoms with E-state index in [4.69, 9.17) is 0 Å². The van der Waals surface area contributed by atoms with Crippen molar-refractivity contribution in [3.63, 3.8) is 0 Å². The minimum Gasteiger partial charge on any atom is -0.355 e. The van der Waals surface area contributed by atoms with Crippen molar-refractivity contribution < 1.29 is 19.2 Å². The zero-order valence-electron chi connectivity index (χ0n) is 15.7. The lowest BCUT2D eigenvalue weighted by Crippen LogP contribution is -2.51. The standard InChI is InChI=1S/C18H25N5O4/c1-4-10-19-14(24)11-22(3)12-15(25)21-23-16(26)18(2,20-17(23)27)13-8-6-5-7-9-13/h5-9H,4,10-12H2,1-3H3,(H,19,24)(H,20,27)(H,21,25)/t18-/m1/s1. The third-order valence-electron chi connectivity index (χ3n) is 4.18. The molecule has 0 unspecified atom stereocenters. The van der Waals surface area contributed by atoms with Crippen molar-refractivity contribution in [3.8, 4) is 0 Å².